The molecule has 4 rings (SSSR count). The number of nitrogens with one attached hydrogen (secondary N) is 2. The summed E-state index contributed by atoms with van der Waals surface area (Å²) in [4.78, 5) is 8.85. The third kappa shape index (κ3) is 3.71. The molecule has 4 aromatic rings. The van der Waals surface area contributed by atoms with Gasteiger partial charge in [0.25, 0.3) is 0 Å². The van der Waals surface area contributed by atoms with Crippen molar-refractivity contribution in [2.45, 2.75) is 0 Å². The Kier molecular flexibility index (Phi) is 4.59. The number of rotatable bonds is 4. The second-order valence-corrected chi connectivity index (χ2v) is 9.16. The Morgan fingerprint density at radius 2 is 1.93 bits per heavy atom. The van der Waals surface area contributed by atoms with Crippen LogP contribution in [0.2, 0.25) is 0 Å². The van der Waals surface area contributed by atoms with Crippen molar-refractivity contribution in [1.82, 2.24) is 9.97 Å². The van der Waals surface area contributed by atoms with Gasteiger partial charge < -0.3 is 10.5 Å². The molecule has 0 spiro atoms. The lowest BCUT2D eigenvalue weighted by Crippen LogP contribution is -2.09. The van der Waals surface area contributed by atoms with Gasteiger partial charge in [-0.1, -0.05) is 24.3 Å². The molecule has 0 aliphatic heterocycles. The van der Waals surface area contributed by atoms with E-state index in [2.05, 4.69) is 14.7 Å². The summed E-state index contributed by atoms with van der Waals surface area (Å²) >= 11 is 1.33. The highest BCUT2D eigenvalue weighted by molar-refractivity contribution is 7.92. The first kappa shape index (κ1) is 19.1. The predicted molar refractivity (Wildman–Crippen MR) is 117 cm³/mol. The number of thiazole rings is 1. The highest BCUT2D eigenvalue weighted by atomic mass is 32.2. The normalized spacial score (nSPS) is 11.7. The van der Waals surface area contributed by atoms with Crippen LogP contribution in [-0.2, 0) is 14.8 Å². The number of nitrogens with two attached hydrogens (primary N) is 1. The van der Waals surface area contributed by atoms with E-state index in [1.807, 2.05) is 24.3 Å². The molecule has 0 bridgehead atoms. The molecule has 0 aliphatic carbocycles. The number of sulfonamides is 1. The molecule has 4 N–H and O–H groups in total. The number of hydrogen-bond donors (Lipinski definition) is 3. The zero-order chi connectivity index (χ0) is 20.8. The number of aromatic nitrogens is 2. The lowest BCUT2D eigenvalue weighted by atomic mass is 10.0. The summed E-state index contributed by atoms with van der Waals surface area (Å²) in [6, 6.07) is 12.9. The zero-order valence-electron chi connectivity index (χ0n) is 15.6. The molecule has 0 amide bonds. The lowest BCUT2D eigenvalue weighted by molar-refractivity contribution is 0.401. The zero-order valence-corrected chi connectivity index (χ0v) is 17.2. The van der Waals surface area contributed by atoms with Crippen molar-refractivity contribution in [3.63, 3.8) is 0 Å². The van der Waals surface area contributed by atoms with Crippen molar-refractivity contribution in [2.24, 2.45) is 0 Å². The van der Waals surface area contributed by atoms with Gasteiger partial charge in [-0.3, -0.25) is 10.1 Å². The SMILES string of the molecule is COC(=N)c1nc2c(N)nc3cc(-c4cccc(NS(C)(=O)=O)c4)ccc3c2s1. The van der Waals surface area contributed by atoms with Gasteiger partial charge in [0.15, 0.2) is 10.8 Å². The number of hydrogen-bond acceptors (Lipinski definition) is 8. The number of anilines is 2. The van der Waals surface area contributed by atoms with E-state index in [1.165, 1.54) is 18.4 Å². The minimum atomic E-state index is -3.36. The van der Waals surface area contributed by atoms with Crippen LogP contribution in [0.5, 0.6) is 0 Å². The number of methoxy groups -OCH3 is 1. The largest absolute Gasteiger partial charge is 0.479 e. The molecule has 0 aliphatic rings. The van der Waals surface area contributed by atoms with E-state index in [0.717, 1.165) is 27.5 Å². The van der Waals surface area contributed by atoms with E-state index in [-0.39, 0.29) is 11.7 Å². The van der Waals surface area contributed by atoms with E-state index >= 15 is 0 Å². The van der Waals surface area contributed by atoms with Crippen molar-refractivity contribution >= 4 is 59.9 Å². The van der Waals surface area contributed by atoms with Crippen LogP contribution in [-0.4, -0.2) is 37.6 Å². The molecule has 0 saturated heterocycles. The summed E-state index contributed by atoms with van der Waals surface area (Å²) in [7, 11) is -1.94. The molecular weight excluding hydrogens is 410 g/mol. The van der Waals surface area contributed by atoms with Gasteiger partial charge in [0.05, 0.1) is 23.6 Å². The first-order valence-corrected chi connectivity index (χ1v) is 11.2. The molecular formula is C19H17N5O3S2. The summed E-state index contributed by atoms with van der Waals surface area (Å²) in [6.45, 7) is 0. The fourth-order valence-corrected chi connectivity index (χ4v) is 4.61. The minimum Gasteiger partial charge on any atom is -0.479 e. The molecule has 10 heteroatoms. The van der Waals surface area contributed by atoms with Crippen LogP contribution < -0.4 is 10.5 Å². The molecule has 148 valence electrons. The highest BCUT2D eigenvalue weighted by Gasteiger charge is 2.16. The number of nitrogen functional groups attached to an aromatic ring is 1. The third-order valence-electron chi connectivity index (χ3n) is 4.25. The summed E-state index contributed by atoms with van der Waals surface area (Å²) < 4.78 is 31.3. The monoisotopic (exact) mass is 427 g/mol. The number of fused-ring (bicyclic) bond motifs is 3. The van der Waals surface area contributed by atoms with E-state index in [0.29, 0.717) is 21.7 Å². The summed E-state index contributed by atoms with van der Waals surface area (Å²) in [5.41, 5.74) is 9.54. The molecule has 8 nitrogen and oxygen atoms in total. The number of ether oxygens (including phenoxy) is 1. The average molecular weight is 428 g/mol. The highest BCUT2D eigenvalue weighted by Crippen LogP contribution is 2.35. The van der Waals surface area contributed by atoms with Crippen LogP contribution in [0, 0.1) is 5.41 Å². The standard InChI is InChI=1S/C19H17N5O3S2/c1-27-18(21)19-23-15-16(28-19)13-7-6-11(9-14(13)22-17(15)20)10-4-3-5-12(8-10)24-29(2,25)26/h3-9,21,24H,1-2H3,(H2,20,22). The van der Waals surface area contributed by atoms with Crippen molar-refractivity contribution in [3.05, 3.63) is 47.5 Å². The lowest BCUT2D eigenvalue weighted by Gasteiger charge is -2.08. The van der Waals surface area contributed by atoms with Gasteiger partial charge in [-0.05, 0) is 29.3 Å². The minimum absolute atomic E-state index is 0.0226. The van der Waals surface area contributed by atoms with Crippen LogP contribution >= 0.6 is 11.3 Å². The Morgan fingerprint density at radius 3 is 2.66 bits per heavy atom. The quantitative estimate of drug-likeness (QED) is 0.338. The van der Waals surface area contributed by atoms with Gasteiger partial charge in [-0.15, -0.1) is 11.3 Å². The smallest absolute Gasteiger partial charge is 0.242 e. The van der Waals surface area contributed by atoms with Gasteiger partial charge >= 0.3 is 0 Å². The van der Waals surface area contributed by atoms with E-state index in [9.17, 15) is 8.42 Å². The second-order valence-electron chi connectivity index (χ2n) is 6.41. The Hall–Kier alpha value is -3.24. The number of benzene rings is 2. The third-order valence-corrected chi connectivity index (χ3v) is 5.94. The van der Waals surface area contributed by atoms with E-state index in [4.69, 9.17) is 15.9 Å². The molecule has 0 atom stereocenters. The van der Waals surface area contributed by atoms with Crippen LogP contribution in [0.15, 0.2) is 42.5 Å². The molecule has 2 aromatic carbocycles. The molecule has 0 fully saturated rings. The van der Waals surface area contributed by atoms with Gasteiger partial charge in [-0.2, -0.15) is 0 Å². The Labute approximate surface area is 170 Å². The van der Waals surface area contributed by atoms with Gasteiger partial charge in [0.1, 0.15) is 5.52 Å². The Bertz CT molecular complexity index is 1380. The Balaban J connectivity index is 1.84. The predicted octanol–water partition coefficient (Wildman–Crippen LogP) is 3.44. The molecule has 0 unspecified atom stereocenters. The first-order valence-electron chi connectivity index (χ1n) is 8.46. The molecule has 0 saturated carbocycles. The van der Waals surface area contributed by atoms with Crippen molar-refractivity contribution < 1.29 is 13.2 Å². The first-order chi connectivity index (χ1) is 13.7. The van der Waals surface area contributed by atoms with Crippen molar-refractivity contribution in [1.29, 1.82) is 5.41 Å². The average Bonchev–Trinajstić information content (AvgIpc) is 3.12. The molecule has 29 heavy (non-hydrogen) atoms. The van der Waals surface area contributed by atoms with Crippen LogP contribution in [0.25, 0.3) is 32.2 Å². The maximum atomic E-state index is 11.5. The molecule has 2 heterocycles. The number of pyridine rings is 1. The maximum Gasteiger partial charge on any atom is 0.242 e. The van der Waals surface area contributed by atoms with Gasteiger partial charge in [0.2, 0.25) is 15.9 Å². The summed E-state index contributed by atoms with van der Waals surface area (Å²) in [6.07, 6.45) is 1.11. The van der Waals surface area contributed by atoms with Gasteiger partial charge in [-0.25, -0.2) is 18.4 Å². The maximum absolute atomic E-state index is 11.5. The number of nitrogens with zero attached hydrogens (tertiary/aromatic N) is 2. The van der Waals surface area contributed by atoms with Crippen molar-refractivity contribution in [3.8, 4) is 11.1 Å². The fourth-order valence-electron chi connectivity index (χ4n) is 3.02. The summed E-state index contributed by atoms with van der Waals surface area (Å²) in [5, 5.41) is 9.14. The van der Waals surface area contributed by atoms with Crippen LogP contribution in [0.1, 0.15) is 5.01 Å². The second kappa shape index (κ2) is 6.98. The van der Waals surface area contributed by atoms with E-state index < -0.39 is 10.0 Å². The molecule has 0 radical (unpaired) electrons. The molecule has 2 aromatic heterocycles. The topological polar surface area (TPSA) is 131 Å². The Morgan fingerprint density at radius 1 is 1.17 bits per heavy atom. The van der Waals surface area contributed by atoms with Crippen LogP contribution in [0.4, 0.5) is 11.5 Å². The fraction of sp³-hybridized carbons (Fsp3) is 0.105. The van der Waals surface area contributed by atoms with E-state index in [1.54, 1.807) is 18.2 Å². The summed E-state index contributed by atoms with van der Waals surface area (Å²) in [5.74, 6) is 0.258. The van der Waals surface area contributed by atoms with Crippen LogP contribution in [0.3, 0.4) is 0 Å². The van der Waals surface area contributed by atoms with Crippen molar-refractivity contribution in [2.75, 3.05) is 23.8 Å². The van der Waals surface area contributed by atoms with Gasteiger partial charge in [0, 0.05) is 11.1 Å².